The molecule has 1 heterocycles. The summed E-state index contributed by atoms with van der Waals surface area (Å²) in [6, 6.07) is 4.06. The quantitative estimate of drug-likeness (QED) is 0.232. The molecule has 4 rings (SSSR count). The molecule has 2 aliphatic carbocycles. The van der Waals surface area contributed by atoms with Crippen molar-refractivity contribution in [3.8, 4) is 0 Å². The van der Waals surface area contributed by atoms with Crippen molar-refractivity contribution >= 4 is 22.8 Å². The third-order valence-corrected chi connectivity index (χ3v) is 7.67. The van der Waals surface area contributed by atoms with Gasteiger partial charge in [-0.15, -0.1) is 0 Å². The number of nitrogens with zero attached hydrogens (tertiary/aromatic N) is 1. The van der Waals surface area contributed by atoms with Gasteiger partial charge in [0.05, 0.1) is 11.8 Å². The molecule has 33 heavy (non-hydrogen) atoms. The first-order valence-corrected chi connectivity index (χ1v) is 11.9. The molecule has 4 N–H and O–H groups in total. The summed E-state index contributed by atoms with van der Waals surface area (Å²) >= 11 is 0. The maximum Gasteiger partial charge on any atom is 0.121 e. The lowest BCUT2D eigenvalue weighted by Crippen LogP contribution is -2.35. The molecule has 1 atom stereocenters. The molecule has 4 nitrogen and oxygen atoms in total. The van der Waals surface area contributed by atoms with Gasteiger partial charge in [-0.2, -0.15) is 0 Å². The Morgan fingerprint density at radius 3 is 2.67 bits per heavy atom. The third-order valence-electron chi connectivity index (χ3n) is 7.67. The number of aromatic nitrogens is 1. The molecule has 2 aliphatic rings. The normalized spacial score (nSPS) is 25.0. The molecule has 176 valence electrons. The minimum atomic E-state index is -0.142. The maximum absolute atomic E-state index is 14.1. The number of aliphatic hydroxyl groups excluding tert-OH is 1. The van der Waals surface area contributed by atoms with Crippen molar-refractivity contribution in [1.82, 2.24) is 4.57 Å². The Morgan fingerprint density at radius 1 is 1.39 bits per heavy atom. The van der Waals surface area contributed by atoms with Gasteiger partial charge in [-0.05, 0) is 79.7 Å². The van der Waals surface area contributed by atoms with Crippen LogP contribution >= 0.6 is 0 Å². The monoisotopic (exact) mass is 449 g/mol. The highest BCUT2D eigenvalue weighted by atomic mass is 19.1. The second kappa shape index (κ2) is 8.51. The van der Waals surface area contributed by atoms with Crippen LogP contribution in [0.25, 0.3) is 10.9 Å². The maximum atomic E-state index is 14.1. The van der Waals surface area contributed by atoms with Gasteiger partial charge in [-0.3, -0.25) is 0 Å². The number of allylic oxidation sites excluding steroid dienone is 5. The molecule has 0 bridgehead atoms. The van der Waals surface area contributed by atoms with Gasteiger partial charge in [0.1, 0.15) is 5.83 Å². The van der Waals surface area contributed by atoms with Gasteiger partial charge in [0.25, 0.3) is 0 Å². The number of halogens is 1. The average Bonchev–Trinajstić information content (AvgIpc) is 3.04. The van der Waals surface area contributed by atoms with Gasteiger partial charge in [0.15, 0.2) is 0 Å². The van der Waals surface area contributed by atoms with Crippen LogP contribution in [0.1, 0.15) is 82.2 Å². The van der Waals surface area contributed by atoms with Gasteiger partial charge < -0.3 is 20.8 Å². The number of hydrogen-bond donors (Lipinski definition) is 3. The summed E-state index contributed by atoms with van der Waals surface area (Å²) in [4.78, 5) is 0. The van der Waals surface area contributed by atoms with E-state index >= 15 is 0 Å². The minimum Gasteiger partial charge on any atom is -0.513 e. The number of anilines is 1. The molecule has 1 fully saturated rings. The molecule has 0 saturated heterocycles. The van der Waals surface area contributed by atoms with Gasteiger partial charge in [0.2, 0.25) is 0 Å². The zero-order valence-corrected chi connectivity index (χ0v) is 20.2. The van der Waals surface area contributed by atoms with E-state index in [9.17, 15) is 9.50 Å². The van der Waals surface area contributed by atoms with Gasteiger partial charge in [0, 0.05) is 40.0 Å². The van der Waals surface area contributed by atoms with Crippen LogP contribution in [0, 0.1) is 16.7 Å². The number of aliphatic hydroxyl groups is 1. The highest BCUT2D eigenvalue weighted by molar-refractivity contribution is 5.97. The van der Waals surface area contributed by atoms with E-state index < -0.39 is 0 Å². The lowest BCUT2D eigenvalue weighted by Gasteiger charge is -2.45. The van der Waals surface area contributed by atoms with Crippen molar-refractivity contribution in [1.29, 1.82) is 5.41 Å². The molecule has 1 aromatic heterocycles. The van der Waals surface area contributed by atoms with Crippen molar-refractivity contribution in [2.75, 3.05) is 5.73 Å². The van der Waals surface area contributed by atoms with Crippen molar-refractivity contribution in [3.63, 3.8) is 0 Å². The van der Waals surface area contributed by atoms with Crippen LogP contribution in [0.3, 0.4) is 0 Å². The summed E-state index contributed by atoms with van der Waals surface area (Å²) in [5, 5.41) is 18.7. The fraction of sp³-hybridized carbons (Fsp3) is 0.464. The second-order valence-electron chi connectivity index (χ2n) is 10.6. The number of nitrogens with one attached hydrogen (secondary N) is 1. The molecular formula is C28H36FN3O. The molecular weight excluding hydrogens is 413 g/mol. The summed E-state index contributed by atoms with van der Waals surface area (Å²) in [5.74, 6) is 0.652. The highest BCUT2D eigenvalue weighted by Crippen LogP contribution is 2.51. The fourth-order valence-electron chi connectivity index (χ4n) is 5.84. The van der Waals surface area contributed by atoms with Crippen LogP contribution < -0.4 is 5.73 Å². The van der Waals surface area contributed by atoms with Crippen LogP contribution in [0.15, 0.2) is 48.0 Å². The third kappa shape index (κ3) is 4.14. The second-order valence-corrected chi connectivity index (χ2v) is 10.6. The summed E-state index contributed by atoms with van der Waals surface area (Å²) < 4.78 is 16.5. The number of benzene rings is 1. The van der Waals surface area contributed by atoms with Gasteiger partial charge in [-0.25, -0.2) is 4.39 Å². The molecule has 0 spiro atoms. The Labute approximate surface area is 196 Å². The Morgan fingerprint density at radius 2 is 2.09 bits per heavy atom. The Hall–Kier alpha value is -2.82. The van der Waals surface area contributed by atoms with Crippen molar-refractivity contribution < 1.29 is 9.50 Å². The van der Waals surface area contributed by atoms with Crippen LogP contribution in [0.2, 0.25) is 0 Å². The summed E-state index contributed by atoms with van der Waals surface area (Å²) in [7, 11) is 0. The van der Waals surface area contributed by atoms with Crippen LogP contribution in [0.5, 0.6) is 0 Å². The Kier molecular flexibility index (Phi) is 6.02. The first-order chi connectivity index (χ1) is 15.5. The number of nitrogen functional groups attached to an aromatic ring is 1. The number of nitrogens with two attached hydrogens (primary N) is 1. The molecule has 5 heteroatoms. The predicted molar refractivity (Wildman–Crippen MR) is 136 cm³/mol. The molecule has 1 unspecified atom stereocenters. The van der Waals surface area contributed by atoms with E-state index in [0.29, 0.717) is 29.0 Å². The largest absolute Gasteiger partial charge is 0.513 e. The van der Waals surface area contributed by atoms with E-state index in [0.717, 1.165) is 36.6 Å². The van der Waals surface area contributed by atoms with E-state index in [1.807, 2.05) is 25.1 Å². The van der Waals surface area contributed by atoms with Crippen LogP contribution in [-0.2, 0) is 6.42 Å². The van der Waals surface area contributed by atoms with Crippen LogP contribution in [-0.4, -0.2) is 15.9 Å². The summed E-state index contributed by atoms with van der Waals surface area (Å²) in [6.07, 6.45) is 9.49. The molecule has 0 amide bonds. The highest BCUT2D eigenvalue weighted by Gasteiger charge is 2.41. The predicted octanol–water partition coefficient (Wildman–Crippen LogP) is 7.51. The standard InChI is InChI=1S/C28H36FN3O/c1-16(2)27-22(8-9-28(5)13-20(14-28)18(4)33)23-12-25(31)19(15-30)11-26(23)32(27)21-6-7-24(29)17(3)10-21/h7,10-12,15-16,20-21,30,33H,4,6,8-9,13-14,31H2,1-3,5H3. The topological polar surface area (TPSA) is 75.0 Å². The van der Waals surface area contributed by atoms with E-state index in [1.165, 1.54) is 17.5 Å². The van der Waals surface area contributed by atoms with Gasteiger partial charge in [-0.1, -0.05) is 33.4 Å². The number of fused-ring (bicyclic) bond motifs is 1. The van der Waals surface area contributed by atoms with Crippen molar-refractivity contribution in [2.45, 2.75) is 71.8 Å². The molecule has 2 aromatic rings. The van der Waals surface area contributed by atoms with E-state index in [-0.39, 0.29) is 29.1 Å². The number of hydrogen-bond acceptors (Lipinski definition) is 3. The van der Waals surface area contributed by atoms with E-state index in [4.69, 9.17) is 11.1 Å². The molecule has 0 radical (unpaired) electrons. The van der Waals surface area contributed by atoms with Crippen molar-refractivity contribution in [3.05, 3.63) is 64.8 Å². The van der Waals surface area contributed by atoms with Crippen LogP contribution in [0.4, 0.5) is 10.1 Å². The Balaban J connectivity index is 1.82. The van der Waals surface area contributed by atoms with E-state index in [2.05, 4.69) is 31.9 Å². The lowest BCUT2D eigenvalue weighted by molar-refractivity contribution is 0.0615. The lowest BCUT2D eigenvalue weighted by atomic mass is 9.60. The molecule has 1 saturated carbocycles. The molecule has 1 aromatic carbocycles. The first-order valence-electron chi connectivity index (χ1n) is 11.9. The number of aryl methyl sites for hydroxylation is 1. The zero-order valence-electron chi connectivity index (χ0n) is 20.2. The molecule has 0 aliphatic heterocycles. The smallest absolute Gasteiger partial charge is 0.121 e. The first kappa shape index (κ1) is 23.3. The number of rotatable bonds is 7. The SMILES string of the molecule is C=C(O)C1CC(C)(CCc2c(C(C)C)n(C3C=C(C)C(F)=CC3)c3cc(C=N)c(N)cc23)C1. The Bertz CT molecular complexity index is 1180. The van der Waals surface area contributed by atoms with E-state index in [1.54, 1.807) is 6.08 Å². The average molecular weight is 450 g/mol. The zero-order chi connectivity index (χ0) is 24.1. The van der Waals surface area contributed by atoms with Gasteiger partial charge >= 0.3 is 0 Å². The summed E-state index contributed by atoms with van der Waals surface area (Å²) in [5.41, 5.74) is 12.1. The minimum absolute atomic E-state index is 0.0294. The fourth-order valence-corrected chi connectivity index (χ4v) is 5.84. The summed E-state index contributed by atoms with van der Waals surface area (Å²) in [6.45, 7) is 12.3. The van der Waals surface area contributed by atoms with Crippen molar-refractivity contribution in [2.24, 2.45) is 11.3 Å².